The molecule has 28 heavy (non-hydrogen) atoms. The Bertz CT molecular complexity index is 883. The lowest BCUT2D eigenvalue weighted by Crippen LogP contribution is -2.10. The molecule has 1 heterocycles. The third-order valence-corrected chi connectivity index (χ3v) is 4.27. The van der Waals surface area contributed by atoms with Crippen LogP contribution in [0.15, 0.2) is 42.5 Å². The molecule has 0 bridgehead atoms. The first-order chi connectivity index (χ1) is 13.7. The van der Waals surface area contributed by atoms with Crippen LogP contribution in [0.2, 0.25) is 0 Å². The standard InChI is InChI=1S/C20H24FN5O2/c1-3-4-12-26-20(23-24-25-26)22-13-16-6-5-7-18(27-2)19(16)28-14-15-8-10-17(21)11-9-15/h5-11H,3-4,12-14H2,1-2H3,(H,22,23,25). The summed E-state index contributed by atoms with van der Waals surface area (Å²) in [6, 6.07) is 11.9. The predicted octanol–water partition coefficient (Wildman–Crippen LogP) is 3.81. The molecule has 0 aliphatic carbocycles. The maximum Gasteiger partial charge on any atom is 0.243 e. The molecule has 7 nitrogen and oxygen atoms in total. The monoisotopic (exact) mass is 385 g/mol. The van der Waals surface area contributed by atoms with Crippen LogP contribution in [0.3, 0.4) is 0 Å². The number of aryl methyl sites for hydroxylation is 1. The summed E-state index contributed by atoms with van der Waals surface area (Å²) in [4.78, 5) is 0. The number of benzene rings is 2. The molecule has 8 heteroatoms. The van der Waals surface area contributed by atoms with E-state index in [4.69, 9.17) is 9.47 Å². The summed E-state index contributed by atoms with van der Waals surface area (Å²) in [5.41, 5.74) is 1.78. The van der Waals surface area contributed by atoms with Gasteiger partial charge in [0.25, 0.3) is 0 Å². The molecule has 1 N–H and O–H groups in total. The highest BCUT2D eigenvalue weighted by molar-refractivity contribution is 5.48. The number of nitrogens with zero attached hydrogens (tertiary/aromatic N) is 4. The van der Waals surface area contributed by atoms with E-state index in [2.05, 4.69) is 27.8 Å². The molecule has 0 amide bonds. The molecule has 1 aromatic heterocycles. The zero-order chi connectivity index (χ0) is 19.8. The second-order valence-corrected chi connectivity index (χ2v) is 6.30. The SMILES string of the molecule is CCCCn1nnnc1NCc1cccc(OC)c1OCc1ccc(F)cc1. The van der Waals surface area contributed by atoms with Crippen molar-refractivity contribution in [3.05, 3.63) is 59.4 Å². The van der Waals surface area contributed by atoms with Crippen LogP contribution in [0.5, 0.6) is 11.5 Å². The minimum atomic E-state index is -0.272. The maximum absolute atomic E-state index is 13.1. The van der Waals surface area contributed by atoms with Crippen molar-refractivity contribution in [1.29, 1.82) is 0 Å². The van der Waals surface area contributed by atoms with Crippen molar-refractivity contribution < 1.29 is 13.9 Å². The summed E-state index contributed by atoms with van der Waals surface area (Å²) >= 11 is 0. The second kappa shape index (κ2) is 9.68. The predicted molar refractivity (Wildman–Crippen MR) is 104 cm³/mol. The lowest BCUT2D eigenvalue weighted by Gasteiger charge is -2.16. The van der Waals surface area contributed by atoms with Gasteiger partial charge in [0.1, 0.15) is 12.4 Å². The lowest BCUT2D eigenvalue weighted by molar-refractivity contribution is 0.281. The van der Waals surface area contributed by atoms with Gasteiger partial charge in [-0.1, -0.05) is 42.7 Å². The summed E-state index contributed by atoms with van der Waals surface area (Å²) in [7, 11) is 1.60. The zero-order valence-electron chi connectivity index (χ0n) is 16.1. The van der Waals surface area contributed by atoms with Gasteiger partial charge in [-0.3, -0.25) is 0 Å². The number of tetrazole rings is 1. The van der Waals surface area contributed by atoms with Crippen molar-refractivity contribution in [2.24, 2.45) is 0 Å². The van der Waals surface area contributed by atoms with Gasteiger partial charge in [0.15, 0.2) is 11.5 Å². The van der Waals surface area contributed by atoms with E-state index in [1.165, 1.54) is 12.1 Å². The normalized spacial score (nSPS) is 10.7. The Balaban J connectivity index is 1.72. The molecule has 0 saturated heterocycles. The smallest absolute Gasteiger partial charge is 0.243 e. The van der Waals surface area contributed by atoms with Crippen LogP contribution in [0, 0.1) is 5.82 Å². The molecular weight excluding hydrogens is 361 g/mol. The van der Waals surface area contributed by atoms with Gasteiger partial charge < -0.3 is 14.8 Å². The van der Waals surface area contributed by atoms with Crippen LogP contribution < -0.4 is 14.8 Å². The molecule has 0 aliphatic rings. The average Bonchev–Trinajstić information content (AvgIpc) is 3.17. The van der Waals surface area contributed by atoms with E-state index in [9.17, 15) is 4.39 Å². The molecule has 0 aliphatic heterocycles. The lowest BCUT2D eigenvalue weighted by atomic mass is 10.1. The van der Waals surface area contributed by atoms with Crippen molar-refractivity contribution in [3.63, 3.8) is 0 Å². The number of para-hydroxylation sites is 1. The molecular formula is C20H24FN5O2. The number of rotatable bonds is 10. The van der Waals surface area contributed by atoms with Crippen molar-refractivity contribution in [3.8, 4) is 11.5 Å². The number of ether oxygens (including phenoxy) is 2. The first-order valence-corrected chi connectivity index (χ1v) is 9.24. The second-order valence-electron chi connectivity index (χ2n) is 6.30. The molecule has 148 valence electrons. The van der Waals surface area contributed by atoms with Gasteiger partial charge in [0, 0.05) is 18.7 Å². The fourth-order valence-electron chi connectivity index (χ4n) is 2.73. The molecule has 0 radical (unpaired) electrons. The van der Waals surface area contributed by atoms with Crippen LogP contribution in [0.25, 0.3) is 0 Å². The number of unbranched alkanes of at least 4 members (excludes halogenated alkanes) is 1. The molecule has 2 aromatic carbocycles. The summed E-state index contributed by atoms with van der Waals surface area (Å²) in [6.45, 7) is 3.67. The van der Waals surface area contributed by atoms with Gasteiger partial charge in [0.05, 0.1) is 7.11 Å². The van der Waals surface area contributed by atoms with Crippen molar-refractivity contribution in [2.45, 2.75) is 39.5 Å². The Labute approximate surface area is 163 Å². The van der Waals surface area contributed by atoms with E-state index in [0.717, 1.165) is 30.5 Å². The summed E-state index contributed by atoms with van der Waals surface area (Å²) in [6.07, 6.45) is 2.07. The molecule has 0 saturated carbocycles. The van der Waals surface area contributed by atoms with Gasteiger partial charge in [-0.2, -0.15) is 0 Å². The number of nitrogens with one attached hydrogen (secondary N) is 1. The number of anilines is 1. The maximum atomic E-state index is 13.1. The van der Waals surface area contributed by atoms with Gasteiger partial charge in [-0.15, -0.1) is 0 Å². The van der Waals surface area contributed by atoms with Crippen LogP contribution in [0.1, 0.15) is 30.9 Å². The topological polar surface area (TPSA) is 74.1 Å². The fourth-order valence-corrected chi connectivity index (χ4v) is 2.73. The van der Waals surface area contributed by atoms with Gasteiger partial charge in [0.2, 0.25) is 5.95 Å². The number of hydrogen-bond donors (Lipinski definition) is 1. The van der Waals surface area contributed by atoms with Crippen LogP contribution in [0.4, 0.5) is 10.3 Å². The van der Waals surface area contributed by atoms with E-state index in [1.54, 1.807) is 23.9 Å². The van der Waals surface area contributed by atoms with E-state index in [1.807, 2.05) is 18.2 Å². The molecule has 3 aromatic rings. The number of hydrogen-bond acceptors (Lipinski definition) is 6. The Hall–Kier alpha value is -3.16. The largest absolute Gasteiger partial charge is 0.493 e. The molecule has 3 rings (SSSR count). The highest BCUT2D eigenvalue weighted by Gasteiger charge is 2.13. The third kappa shape index (κ3) is 4.97. The van der Waals surface area contributed by atoms with Crippen molar-refractivity contribution >= 4 is 5.95 Å². The number of aromatic nitrogens is 4. The van der Waals surface area contributed by atoms with Crippen LogP contribution >= 0.6 is 0 Å². The Morgan fingerprint density at radius 2 is 1.96 bits per heavy atom. The molecule has 0 unspecified atom stereocenters. The number of methoxy groups -OCH3 is 1. The van der Waals surface area contributed by atoms with E-state index >= 15 is 0 Å². The third-order valence-electron chi connectivity index (χ3n) is 4.27. The highest BCUT2D eigenvalue weighted by Crippen LogP contribution is 2.32. The fraction of sp³-hybridized carbons (Fsp3) is 0.350. The Morgan fingerprint density at radius 1 is 1.14 bits per heavy atom. The summed E-state index contributed by atoms with van der Waals surface area (Å²) in [5.74, 6) is 1.61. The molecule has 0 fully saturated rings. The van der Waals surface area contributed by atoms with Gasteiger partial charge in [-0.05, 0) is 40.6 Å². The summed E-state index contributed by atoms with van der Waals surface area (Å²) < 4.78 is 26.3. The van der Waals surface area contributed by atoms with E-state index < -0.39 is 0 Å². The van der Waals surface area contributed by atoms with Crippen LogP contribution in [-0.2, 0) is 19.7 Å². The van der Waals surface area contributed by atoms with Crippen LogP contribution in [-0.4, -0.2) is 27.3 Å². The van der Waals surface area contributed by atoms with Crippen molar-refractivity contribution in [1.82, 2.24) is 20.2 Å². The highest BCUT2D eigenvalue weighted by atomic mass is 19.1. The first kappa shape index (κ1) is 19.6. The first-order valence-electron chi connectivity index (χ1n) is 9.24. The minimum Gasteiger partial charge on any atom is -0.493 e. The van der Waals surface area contributed by atoms with Gasteiger partial charge >= 0.3 is 0 Å². The van der Waals surface area contributed by atoms with Gasteiger partial charge in [-0.25, -0.2) is 9.07 Å². The number of halogens is 1. The summed E-state index contributed by atoms with van der Waals surface area (Å²) in [5, 5.41) is 15.1. The minimum absolute atomic E-state index is 0.272. The Kier molecular flexibility index (Phi) is 6.78. The molecule has 0 spiro atoms. The quantitative estimate of drug-likeness (QED) is 0.572. The van der Waals surface area contributed by atoms with E-state index in [0.29, 0.717) is 30.6 Å². The van der Waals surface area contributed by atoms with Crippen molar-refractivity contribution in [2.75, 3.05) is 12.4 Å². The average molecular weight is 385 g/mol. The zero-order valence-corrected chi connectivity index (χ0v) is 16.1. The van der Waals surface area contributed by atoms with E-state index in [-0.39, 0.29) is 5.82 Å². The Morgan fingerprint density at radius 3 is 2.71 bits per heavy atom. The molecule has 0 atom stereocenters.